The molecule has 28 heavy (non-hydrogen) atoms. The molecule has 3 atom stereocenters. The van der Waals surface area contributed by atoms with Crippen molar-refractivity contribution in [3.63, 3.8) is 0 Å². The monoisotopic (exact) mass is 405 g/mol. The minimum Gasteiger partial charge on any atom is -0.348 e. The number of hydrogen-bond donors (Lipinski definition) is 2. The Balaban J connectivity index is 1.82. The van der Waals surface area contributed by atoms with Gasteiger partial charge in [0.15, 0.2) is 0 Å². The number of nitrogens with one attached hydrogen (secondary N) is 2. The molecule has 3 rings (SSSR count). The van der Waals surface area contributed by atoms with Gasteiger partial charge in [-0.2, -0.15) is 22.5 Å². The van der Waals surface area contributed by atoms with Crippen LogP contribution in [0.15, 0.2) is 36.5 Å². The highest BCUT2D eigenvalue weighted by Crippen LogP contribution is 2.29. The van der Waals surface area contributed by atoms with Crippen molar-refractivity contribution in [2.24, 2.45) is 0 Å². The molecule has 1 amide bonds. The minimum atomic E-state index is -3.78. The van der Waals surface area contributed by atoms with Crippen LogP contribution in [0.1, 0.15) is 49.2 Å². The highest BCUT2D eigenvalue weighted by atomic mass is 32.2. The van der Waals surface area contributed by atoms with E-state index in [-0.39, 0.29) is 11.9 Å². The Hall–Kier alpha value is -2.23. The summed E-state index contributed by atoms with van der Waals surface area (Å²) in [6.07, 6.45) is 2.18. The summed E-state index contributed by atoms with van der Waals surface area (Å²) in [5.74, 6) is -0.311. The second kappa shape index (κ2) is 8.02. The maximum absolute atomic E-state index is 12.9. The molecule has 0 aliphatic carbocycles. The zero-order valence-corrected chi connectivity index (χ0v) is 17.4. The van der Waals surface area contributed by atoms with Gasteiger partial charge in [0.2, 0.25) is 5.91 Å². The van der Waals surface area contributed by atoms with E-state index in [1.807, 2.05) is 57.3 Å². The van der Waals surface area contributed by atoms with E-state index in [9.17, 15) is 13.2 Å². The fraction of sp³-hybridized carbons (Fsp3) is 0.474. The number of amides is 1. The first-order chi connectivity index (χ1) is 13.2. The number of carbonyl (C=O) groups excluding carboxylic acids is 1. The van der Waals surface area contributed by atoms with Crippen molar-refractivity contribution in [3.05, 3.63) is 53.3 Å². The fourth-order valence-corrected chi connectivity index (χ4v) is 4.75. The van der Waals surface area contributed by atoms with E-state index in [0.717, 1.165) is 21.1 Å². The lowest BCUT2D eigenvalue weighted by atomic mass is 9.99. The van der Waals surface area contributed by atoms with Gasteiger partial charge in [0, 0.05) is 25.4 Å². The first kappa shape index (κ1) is 20.5. The van der Waals surface area contributed by atoms with Gasteiger partial charge in [0.05, 0.1) is 17.8 Å². The number of aromatic nitrogens is 2. The normalized spacial score (nSPS) is 23.3. The lowest BCUT2D eigenvalue weighted by Gasteiger charge is -2.36. The molecule has 0 saturated carbocycles. The van der Waals surface area contributed by atoms with E-state index in [1.165, 1.54) is 7.05 Å². The topological polar surface area (TPSA) is 96.3 Å². The Bertz CT molecular complexity index is 942. The molecule has 0 bridgehead atoms. The van der Waals surface area contributed by atoms with Crippen LogP contribution in [0.3, 0.4) is 0 Å². The molecule has 2 aromatic rings. The Morgan fingerprint density at radius 2 is 2.04 bits per heavy atom. The van der Waals surface area contributed by atoms with Crippen molar-refractivity contribution in [3.8, 4) is 0 Å². The molecule has 1 fully saturated rings. The third-order valence-corrected chi connectivity index (χ3v) is 6.81. The Morgan fingerprint density at radius 3 is 2.64 bits per heavy atom. The maximum atomic E-state index is 12.9. The van der Waals surface area contributed by atoms with Crippen LogP contribution >= 0.6 is 0 Å². The van der Waals surface area contributed by atoms with Crippen molar-refractivity contribution in [1.82, 2.24) is 24.1 Å². The van der Waals surface area contributed by atoms with Crippen LogP contribution in [0.5, 0.6) is 0 Å². The number of rotatable bonds is 5. The Morgan fingerprint density at radius 1 is 1.36 bits per heavy atom. The molecule has 1 saturated heterocycles. The summed E-state index contributed by atoms with van der Waals surface area (Å²) in [6, 6.07) is 8.07. The minimum absolute atomic E-state index is 0.220. The number of aryl methyl sites for hydroxylation is 2. The smallest absolute Gasteiger partial charge is 0.280 e. The summed E-state index contributed by atoms with van der Waals surface area (Å²) in [6.45, 7) is 6.39. The molecule has 0 radical (unpaired) electrons. The lowest BCUT2D eigenvalue weighted by molar-refractivity contribution is -0.125. The first-order valence-corrected chi connectivity index (χ1v) is 10.8. The van der Waals surface area contributed by atoms with Gasteiger partial charge in [0.1, 0.15) is 6.04 Å². The van der Waals surface area contributed by atoms with E-state index < -0.39 is 22.3 Å². The summed E-state index contributed by atoms with van der Waals surface area (Å²) in [5, 5.41) is 7.34. The van der Waals surface area contributed by atoms with E-state index in [2.05, 4.69) is 15.1 Å². The molecule has 1 aromatic heterocycles. The van der Waals surface area contributed by atoms with Crippen LogP contribution in [0.2, 0.25) is 0 Å². The predicted molar refractivity (Wildman–Crippen MR) is 107 cm³/mol. The predicted octanol–water partition coefficient (Wildman–Crippen LogP) is 1.67. The molecule has 152 valence electrons. The average Bonchev–Trinajstić information content (AvgIpc) is 3.05. The van der Waals surface area contributed by atoms with Gasteiger partial charge in [-0.15, -0.1) is 0 Å². The number of benzene rings is 1. The molecule has 9 heteroatoms. The molecule has 1 aromatic carbocycles. The van der Waals surface area contributed by atoms with Gasteiger partial charge in [0.25, 0.3) is 10.2 Å². The van der Waals surface area contributed by atoms with Crippen LogP contribution in [-0.2, 0) is 21.5 Å². The summed E-state index contributed by atoms with van der Waals surface area (Å²) in [5.41, 5.74) is 2.52. The van der Waals surface area contributed by atoms with E-state index >= 15 is 0 Å². The molecule has 3 unspecified atom stereocenters. The summed E-state index contributed by atoms with van der Waals surface area (Å²) < 4.78 is 30.8. The first-order valence-electron chi connectivity index (χ1n) is 9.37. The van der Waals surface area contributed by atoms with Crippen molar-refractivity contribution >= 4 is 16.1 Å². The molecular formula is C19H27N5O3S. The Kier molecular flexibility index (Phi) is 5.87. The van der Waals surface area contributed by atoms with Crippen LogP contribution in [-0.4, -0.2) is 41.5 Å². The third-order valence-electron chi connectivity index (χ3n) is 5.21. The lowest BCUT2D eigenvalue weighted by Crippen LogP contribution is -2.57. The van der Waals surface area contributed by atoms with Crippen LogP contribution in [0.4, 0.5) is 0 Å². The average molecular weight is 406 g/mol. The standard InChI is InChI=1S/C19H27N5O3S/c1-5-24-12-16(14(3)21-24)17-11-18(23(4)28(26,27)22-17)19(25)20-13(2)15-9-7-6-8-10-15/h6-10,12-13,17-18,22H,5,11H2,1-4H3,(H,20,25). The highest BCUT2D eigenvalue weighted by molar-refractivity contribution is 7.87. The molecule has 1 aliphatic heterocycles. The maximum Gasteiger partial charge on any atom is 0.280 e. The van der Waals surface area contributed by atoms with Crippen molar-refractivity contribution in [2.75, 3.05) is 7.05 Å². The zero-order valence-electron chi connectivity index (χ0n) is 16.6. The summed E-state index contributed by atoms with van der Waals surface area (Å²) in [4.78, 5) is 12.9. The SMILES string of the molecule is CCn1cc(C2CC(C(=O)NC(C)c3ccccc3)N(C)S(=O)(=O)N2)c(C)n1. The van der Waals surface area contributed by atoms with Gasteiger partial charge in [-0.25, -0.2) is 0 Å². The van der Waals surface area contributed by atoms with Crippen LogP contribution in [0.25, 0.3) is 0 Å². The van der Waals surface area contributed by atoms with Crippen molar-refractivity contribution < 1.29 is 13.2 Å². The van der Waals surface area contributed by atoms with E-state index in [0.29, 0.717) is 13.0 Å². The van der Waals surface area contributed by atoms with Gasteiger partial charge in [-0.05, 0) is 32.8 Å². The number of nitrogens with zero attached hydrogens (tertiary/aromatic N) is 3. The molecule has 8 nitrogen and oxygen atoms in total. The largest absolute Gasteiger partial charge is 0.348 e. The summed E-state index contributed by atoms with van der Waals surface area (Å²) in [7, 11) is -2.35. The van der Waals surface area contributed by atoms with Gasteiger partial charge in [-0.1, -0.05) is 30.3 Å². The molecule has 2 heterocycles. The Labute approximate surface area is 166 Å². The quantitative estimate of drug-likeness (QED) is 0.791. The van der Waals surface area contributed by atoms with Gasteiger partial charge < -0.3 is 5.32 Å². The van der Waals surface area contributed by atoms with E-state index in [1.54, 1.807) is 4.68 Å². The molecule has 1 aliphatic rings. The second-order valence-corrected chi connectivity index (χ2v) is 8.87. The number of likely N-dealkylation sites (N-methyl/N-ethyl adjacent to an activating group) is 1. The fourth-order valence-electron chi connectivity index (χ4n) is 3.48. The van der Waals surface area contributed by atoms with Crippen molar-refractivity contribution in [1.29, 1.82) is 0 Å². The van der Waals surface area contributed by atoms with Crippen LogP contribution < -0.4 is 10.0 Å². The third kappa shape index (κ3) is 4.11. The molecule has 2 N–H and O–H groups in total. The van der Waals surface area contributed by atoms with Gasteiger partial charge in [-0.3, -0.25) is 9.48 Å². The van der Waals surface area contributed by atoms with Crippen molar-refractivity contribution in [2.45, 2.75) is 51.9 Å². The molecular weight excluding hydrogens is 378 g/mol. The number of hydrogen-bond acceptors (Lipinski definition) is 4. The zero-order chi connectivity index (χ0) is 20.5. The highest BCUT2D eigenvalue weighted by Gasteiger charge is 2.41. The van der Waals surface area contributed by atoms with E-state index in [4.69, 9.17) is 0 Å². The summed E-state index contributed by atoms with van der Waals surface area (Å²) >= 11 is 0. The van der Waals surface area contributed by atoms with Crippen LogP contribution in [0, 0.1) is 6.92 Å². The second-order valence-electron chi connectivity index (χ2n) is 7.11. The number of carbonyl (C=O) groups is 1. The van der Waals surface area contributed by atoms with Gasteiger partial charge >= 0.3 is 0 Å². The molecule has 0 spiro atoms.